The van der Waals surface area contributed by atoms with E-state index in [9.17, 15) is 9.59 Å². The molecule has 4 rings (SSSR count). The molecule has 1 N–H and O–H groups in total. The van der Waals surface area contributed by atoms with Crippen molar-refractivity contribution in [3.05, 3.63) is 58.9 Å². The molecule has 0 saturated carbocycles. The lowest BCUT2D eigenvalue weighted by Gasteiger charge is -2.13. The smallest absolute Gasteiger partial charge is 0.262 e. The molecule has 0 saturated heterocycles. The van der Waals surface area contributed by atoms with Crippen molar-refractivity contribution in [2.24, 2.45) is 0 Å². The summed E-state index contributed by atoms with van der Waals surface area (Å²) in [6, 6.07) is 14.5. The van der Waals surface area contributed by atoms with Gasteiger partial charge in [-0.2, -0.15) is 0 Å². The lowest BCUT2D eigenvalue weighted by molar-refractivity contribution is -0.115. The monoisotopic (exact) mass is 467 g/mol. The molecule has 1 amide bonds. The van der Waals surface area contributed by atoms with Crippen LogP contribution in [0.5, 0.6) is 5.75 Å². The lowest BCUT2D eigenvalue weighted by Crippen LogP contribution is -2.24. The van der Waals surface area contributed by atoms with Crippen LogP contribution in [0.3, 0.4) is 0 Å². The van der Waals surface area contributed by atoms with Gasteiger partial charge in [0.15, 0.2) is 5.16 Å². The normalized spacial score (nSPS) is 12.2. The van der Waals surface area contributed by atoms with E-state index in [0.717, 1.165) is 0 Å². The third-order valence-electron chi connectivity index (χ3n) is 5.20. The molecular weight excluding hydrogens is 442 g/mol. The summed E-state index contributed by atoms with van der Waals surface area (Å²) in [7, 11) is 3.21. The van der Waals surface area contributed by atoms with Crippen molar-refractivity contribution in [3.8, 4) is 5.75 Å². The van der Waals surface area contributed by atoms with Crippen LogP contribution < -0.4 is 15.6 Å². The number of para-hydroxylation sites is 1. The molecule has 0 aliphatic rings. The number of benzene rings is 2. The Bertz CT molecular complexity index is 1350. The number of fused-ring (bicyclic) bond motifs is 3. The van der Waals surface area contributed by atoms with Gasteiger partial charge in [-0.3, -0.25) is 18.6 Å². The second kappa shape index (κ2) is 10.1. The predicted octanol–water partition coefficient (Wildman–Crippen LogP) is 3.21. The number of nitrogens with zero attached hydrogens (tertiary/aromatic N) is 4. The molecule has 2 aromatic heterocycles. The number of aryl methyl sites for hydroxylation is 1. The second-order valence-electron chi connectivity index (χ2n) is 7.42. The van der Waals surface area contributed by atoms with Gasteiger partial charge >= 0.3 is 0 Å². The van der Waals surface area contributed by atoms with Crippen LogP contribution in [0.4, 0.5) is 5.69 Å². The Balaban J connectivity index is 1.66. The van der Waals surface area contributed by atoms with Gasteiger partial charge in [-0.05, 0) is 37.6 Å². The Morgan fingerprint density at radius 1 is 1.15 bits per heavy atom. The summed E-state index contributed by atoms with van der Waals surface area (Å²) in [4.78, 5) is 25.9. The molecule has 172 valence electrons. The van der Waals surface area contributed by atoms with Crippen LogP contribution in [-0.4, -0.2) is 51.1 Å². The third-order valence-corrected chi connectivity index (χ3v) is 6.24. The molecule has 1 unspecified atom stereocenters. The van der Waals surface area contributed by atoms with E-state index in [1.807, 2.05) is 34.7 Å². The summed E-state index contributed by atoms with van der Waals surface area (Å²) < 4.78 is 13.8. The van der Waals surface area contributed by atoms with Gasteiger partial charge in [0.1, 0.15) is 5.75 Å². The molecule has 1 atom stereocenters. The van der Waals surface area contributed by atoms with Gasteiger partial charge in [0.2, 0.25) is 11.7 Å². The van der Waals surface area contributed by atoms with E-state index in [1.165, 1.54) is 11.8 Å². The molecule has 0 fully saturated rings. The number of nitrogens with one attached hydrogen (secondary N) is 1. The molecule has 0 radical (unpaired) electrons. The van der Waals surface area contributed by atoms with E-state index >= 15 is 0 Å². The first kappa shape index (κ1) is 22.8. The zero-order chi connectivity index (χ0) is 23.4. The van der Waals surface area contributed by atoms with Gasteiger partial charge in [0.25, 0.3) is 5.56 Å². The number of ether oxygens (including phenoxy) is 2. The van der Waals surface area contributed by atoms with Gasteiger partial charge in [0.05, 0.1) is 23.3 Å². The van der Waals surface area contributed by atoms with Crippen molar-refractivity contribution in [1.82, 2.24) is 19.2 Å². The summed E-state index contributed by atoms with van der Waals surface area (Å²) in [5.74, 6) is 0.926. The Morgan fingerprint density at radius 2 is 1.97 bits per heavy atom. The minimum absolute atomic E-state index is 0.123. The van der Waals surface area contributed by atoms with Gasteiger partial charge in [-0.1, -0.05) is 30.0 Å². The number of hydrogen-bond donors (Lipinski definition) is 1. The van der Waals surface area contributed by atoms with Gasteiger partial charge in [0, 0.05) is 32.0 Å². The molecule has 33 heavy (non-hydrogen) atoms. The van der Waals surface area contributed by atoms with Crippen LogP contribution >= 0.6 is 11.8 Å². The number of carbonyl (C=O) groups is 1. The molecule has 4 aromatic rings. The summed E-state index contributed by atoms with van der Waals surface area (Å²) in [5, 5.41) is 12.2. The fraction of sp³-hybridized carbons (Fsp3) is 0.304. The number of carbonyl (C=O) groups excluding carboxylic acids is 1. The molecule has 10 heteroatoms. The highest BCUT2D eigenvalue weighted by Gasteiger charge is 2.21. The summed E-state index contributed by atoms with van der Waals surface area (Å²) >= 11 is 1.28. The maximum absolute atomic E-state index is 13.1. The number of anilines is 1. The quantitative estimate of drug-likeness (QED) is 0.298. The first-order valence-corrected chi connectivity index (χ1v) is 11.4. The molecular formula is C23H25N5O4S. The number of amides is 1. The average molecular weight is 468 g/mol. The maximum atomic E-state index is 13.1. The second-order valence-corrected chi connectivity index (χ2v) is 8.73. The highest BCUT2D eigenvalue weighted by Crippen LogP contribution is 2.26. The maximum Gasteiger partial charge on any atom is 0.262 e. The van der Waals surface area contributed by atoms with Gasteiger partial charge < -0.3 is 14.8 Å². The number of methoxy groups -OCH3 is 2. The molecule has 9 nitrogen and oxygen atoms in total. The minimum atomic E-state index is -0.462. The first-order valence-electron chi connectivity index (χ1n) is 10.5. The Labute approximate surface area is 194 Å². The number of hydrogen-bond acceptors (Lipinski definition) is 7. The standard InChI is InChI=1S/C23H25N5O4S/c1-15(20(29)24-16-8-6-9-17(14-16)32-3)33-23-26-25-22-27(12-7-13-31-2)21(30)18-10-4-5-11-19(18)28(22)23/h4-6,8-11,14-15H,7,12-13H2,1-3H3,(H,24,29). The Hall–Kier alpha value is -3.37. The van der Waals surface area contributed by atoms with E-state index in [4.69, 9.17) is 9.47 Å². The Morgan fingerprint density at radius 3 is 2.76 bits per heavy atom. The molecule has 0 bridgehead atoms. The van der Waals surface area contributed by atoms with Crippen molar-refractivity contribution in [2.75, 3.05) is 26.1 Å². The fourth-order valence-electron chi connectivity index (χ4n) is 3.53. The fourth-order valence-corrected chi connectivity index (χ4v) is 4.39. The van der Waals surface area contributed by atoms with Crippen molar-refractivity contribution in [3.63, 3.8) is 0 Å². The summed E-state index contributed by atoms with van der Waals surface area (Å²) in [6.07, 6.45) is 0.666. The van der Waals surface area contributed by atoms with Crippen LogP contribution in [-0.2, 0) is 16.1 Å². The van der Waals surface area contributed by atoms with Crippen LogP contribution in [0.2, 0.25) is 0 Å². The zero-order valence-corrected chi connectivity index (χ0v) is 19.5. The zero-order valence-electron chi connectivity index (χ0n) is 18.6. The molecule has 0 spiro atoms. The molecule has 2 heterocycles. The highest BCUT2D eigenvalue weighted by molar-refractivity contribution is 8.00. The van der Waals surface area contributed by atoms with Crippen LogP contribution in [0.15, 0.2) is 58.5 Å². The minimum Gasteiger partial charge on any atom is -0.497 e. The van der Waals surface area contributed by atoms with Crippen LogP contribution in [0.1, 0.15) is 13.3 Å². The number of rotatable bonds is 9. The van der Waals surface area contributed by atoms with E-state index in [1.54, 1.807) is 43.9 Å². The lowest BCUT2D eigenvalue weighted by atomic mass is 10.2. The van der Waals surface area contributed by atoms with Gasteiger partial charge in [-0.15, -0.1) is 10.2 Å². The van der Waals surface area contributed by atoms with Crippen LogP contribution in [0.25, 0.3) is 16.7 Å². The van der Waals surface area contributed by atoms with Crippen molar-refractivity contribution >= 4 is 40.0 Å². The van der Waals surface area contributed by atoms with Crippen molar-refractivity contribution in [2.45, 2.75) is 30.3 Å². The number of aromatic nitrogens is 4. The van der Waals surface area contributed by atoms with E-state index in [0.29, 0.717) is 52.8 Å². The largest absolute Gasteiger partial charge is 0.497 e. The van der Waals surface area contributed by atoms with Crippen molar-refractivity contribution < 1.29 is 14.3 Å². The SMILES string of the molecule is COCCCn1c(=O)c2ccccc2n2c(SC(C)C(=O)Nc3cccc(OC)c3)nnc12. The molecule has 0 aliphatic heterocycles. The highest BCUT2D eigenvalue weighted by atomic mass is 32.2. The third kappa shape index (κ3) is 4.71. The first-order chi connectivity index (χ1) is 16.0. The van der Waals surface area contributed by atoms with Crippen LogP contribution in [0, 0.1) is 0 Å². The van der Waals surface area contributed by atoms with E-state index in [2.05, 4.69) is 15.5 Å². The number of thioether (sulfide) groups is 1. The Kier molecular flexibility index (Phi) is 6.95. The summed E-state index contributed by atoms with van der Waals surface area (Å²) in [6.45, 7) is 2.79. The summed E-state index contributed by atoms with van der Waals surface area (Å²) in [5.41, 5.74) is 1.23. The molecule has 2 aromatic carbocycles. The topological polar surface area (TPSA) is 99.8 Å². The average Bonchev–Trinajstić information content (AvgIpc) is 3.24. The van der Waals surface area contributed by atoms with E-state index in [-0.39, 0.29) is 11.5 Å². The van der Waals surface area contributed by atoms with E-state index < -0.39 is 5.25 Å². The van der Waals surface area contributed by atoms with Crippen molar-refractivity contribution in [1.29, 1.82) is 0 Å². The predicted molar refractivity (Wildman–Crippen MR) is 128 cm³/mol. The molecule has 0 aliphatic carbocycles. The van der Waals surface area contributed by atoms with Gasteiger partial charge in [-0.25, -0.2) is 0 Å².